The van der Waals surface area contributed by atoms with Crippen molar-refractivity contribution in [1.29, 1.82) is 0 Å². The highest BCUT2D eigenvalue weighted by Crippen LogP contribution is 2.14. The van der Waals surface area contributed by atoms with E-state index in [1.165, 1.54) is 0 Å². The molecular formula is C15H22N2O2. The average molecular weight is 262 g/mol. The Balaban J connectivity index is 1.84. The summed E-state index contributed by atoms with van der Waals surface area (Å²) >= 11 is 0. The molecule has 1 aliphatic rings. The van der Waals surface area contributed by atoms with Gasteiger partial charge in [0.1, 0.15) is 0 Å². The van der Waals surface area contributed by atoms with Crippen molar-refractivity contribution >= 4 is 5.91 Å². The van der Waals surface area contributed by atoms with Gasteiger partial charge in [-0.05, 0) is 43.9 Å². The Morgan fingerprint density at radius 1 is 1.42 bits per heavy atom. The molecule has 0 radical (unpaired) electrons. The maximum atomic E-state index is 12.1. The fraction of sp³-hybridized carbons (Fsp3) is 0.533. The lowest BCUT2D eigenvalue weighted by Crippen LogP contribution is -2.28. The van der Waals surface area contributed by atoms with Crippen molar-refractivity contribution in [2.24, 2.45) is 5.73 Å². The number of carbonyl (C=O) groups excluding carboxylic acids is 1. The normalized spacial score (nSPS) is 18.5. The molecule has 0 aromatic heterocycles. The molecule has 1 fully saturated rings. The quantitative estimate of drug-likeness (QED) is 0.816. The molecule has 1 unspecified atom stereocenters. The Labute approximate surface area is 114 Å². The summed E-state index contributed by atoms with van der Waals surface area (Å²) in [5, 5.41) is 2.96. The Morgan fingerprint density at radius 3 is 3.00 bits per heavy atom. The highest BCUT2D eigenvalue weighted by molar-refractivity contribution is 5.95. The molecule has 1 amide bonds. The van der Waals surface area contributed by atoms with E-state index >= 15 is 0 Å². The summed E-state index contributed by atoms with van der Waals surface area (Å²) in [5.74, 6) is -0.0120. The van der Waals surface area contributed by atoms with E-state index in [0.717, 1.165) is 43.4 Å². The van der Waals surface area contributed by atoms with E-state index in [-0.39, 0.29) is 5.91 Å². The van der Waals surface area contributed by atoms with Crippen LogP contribution in [0.5, 0.6) is 0 Å². The lowest BCUT2D eigenvalue weighted by Gasteiger charge is -2.12. The zero-order valence-corrected chi connectivity index (χ0v) is 11.2. The highest BCUT2D eigenvalue weighted by Gasteiger charge is 2.16. The Morgan fingerprint density at radius 2 is 2.26 bits per heavy atom. The second kappa shape index (κ2) is 7.26. The largest absolute Gasteiger partial charge is 0.378 e. The molecule has 0 aliphatic carbocycles. The molecule has 1 aliphatic heterocycles. The third kappa shape index (κ3) is 4.04. The van der Waals surface area contributed by atoms with Gasteiger partial charge in [0.25, 0.3) is 5.91 Å². The first kappa shape index (κ1) is 14.0. The lowest BCUT2D eigenvalue weighted by atomic mass is 10.0. The number of ether oxygens (including phenoxy) is 1. The van der Waals surface area contributed by atoms with Gasteiger partial charge in [-0.1, -0.05) is 18.2 Å². The molecule has 1 atom stereocenters. The van der Waals surface area contributed by atoms with Crippen molar-refractivity contribution in [3.05, 3.63) is 35.4 Å². The van der Waals surface area contributed by atoms with E-state index in [1.54, 1.807) is 0 Å². The number of nitrogens with two attached hydrogens (primary N) is 1. The Hall–Kier alpha value is -1.39. The van der Waals surface area contributed by atoms with Crippen LogP contribution < -0.4 is 11.1 Å². The summed E-state index contributed by atoms with van der Waals surface area (Å²) in [5.41, 5.74) is 7.31. The van der Waals surface area contributed by atoms with E-state index in [2.05, 4.69) is 5.32 Å². The number of nitrogens with one attached hydrogen (secondary N) is 1. The molecule has 0 spiro atoms. The molecule has 0 saturated carbocycles. The number of rotatable bonds is 6. The molecule has 104 valence electrons. The van der Waals surface area contributed by atoms with Gasteiger partial charge < -0.3 is 15.8 Å². The standard InChI is InChI=1S/C15H22N2O2/c16-9-7-12-4-1-2-6-14(12)15(18)17-10-8-13-5-3-11-19-13/h1-2,4,6,13H,3,5,7-11,16H2,(H,17,18). The number of amides is 1. The van der Waals surface area contributed by atoms with Gasteiger partial charge in [0.15, 0.2) is 0 Å². The van der Waals surface area contributed by atoms with Crippen LogP contribution in [0.2, 0.25) is 0 Å². The lowest BCUT2D eigenvalue weighted by molar-refractivity contribution is 0.0906. The van der Waals surface area contributed by atoms with Crippen molar-refractivity contribution < 1.29 is 9.53 Å². The summed E-state index contributed by atoms with van der Waals surface area (Å²) in [4.78, 5) is 12.1. The summed E-state index contributed by atoms with van der Waals surface area (Å²) in [6, 6.07) is 7.64. The summed E-state index contributed by atoms with van der Waals surface area (Å²) in [6.45, 7) is 2.08. The molecular weight excluding hydrogens is 240 g/mol. The van der Waals surface area contributed by atoms with Crippen LogP contribution in [0.1, 0.15) is 35.2 Å². The first-order valence-corrected chi connectivity index (χ1v) is 6.99. The predicted molar refractivity (Wildman–Crippen MR) is 75.1 cm³/mol. The maximum absolute atomic E-state index is 12.1. The minimum atomic E-state index is -0.0120. The van der Waals surface area contributed by atoms with Crippen molar-refractivity contribution in [3.8, 4) is 0 Å². The third-order valence-electron chi connectivity index (χ3n) is 3.45. The van der Waals surface area contributed by atoms with Crippen LogP contribution in [0.3, 0.4) is 0 Å². The summed E-state index contributed by atoms with van der Waals surface area (Å²) in [7, 11) is 0. The van der Waals surface area contributed by atoms with Crippen LogP contribution in [0, 0.1) is 0 Å². The van der Waals surface area contributed by atoms with Gasteiger partial charge in [0.05, 0.1) is 6.10 Å². The number of hydrogen-bond donors (Lipinski definition) is 2. The van der Waals surface area contributed by atoms with Gasteiger partial charge in [-0.3, -0.25) is 4.79 Å². The minimum Gasteiger partial charge on any atom is -0.378 e. The van der Waals surface area contributed by atoms with Gasteiger partial charge in [-0.15, -0.1) is 0 Å². The molecule has 2 rings (SSSR count). The zero-order valence-electron chi connectivity index (χ0n) is 11.2. The van der Waals surface area contributed by atoms with Crippen LogP contribution in [0.4, 0.5) is 0 Å². The first-order chi connectivity index (χ1) is 9.31. The van der Waals surface area contributed by atoms with Crippen LogP contribution in [0.15, 0.2) is 24.3 Å². The van der Waals surface area contributed by atoms with E-state index in [1.807, 2.05) is 24.3 Å². The molecule has 1 aromatic rings. The molecule has 19 heavy (non-hydrogen) atoms. The number of hydrogen-bond acceptors (Lipinski definition) is 3. The van der Waals surface area contributed by atoms with Gasteiger partial charge in [-0.25, -0.2) is 0 Å². The van der Waals surface area contributed by atoms with Crippen molar-refractivity contribution in [2.75, 3.05) is 19.7 Å². The first-order valence-electron chi connectivity index (χ1n) is 6.99. The van der Waals surface area contributed by atoms with Crippen LogP contribution in [-0.4, -0.2) is 31.7 Å². The smallest absolute Gasteiger partial charge is 0.251 e. The van der Waals surface area contributed by atoms with Crippen molar-refractivity contribution in [3.63, 3.8) is 0 Å². The van der Waals surface area contributed by atoms with Crippen molar-refractivity contribution in [2.45, 2.75) is 31.8 Å². The maximum Gasteiger partial charge on any atom is 0.251 e. The number of benzene rings is 1. The van der Waals surface area contributed by atoms with Gasteiger partial charge in [0.2, 0.25) is 0 Å². The molecule has 1 aromatic carbocycles. The second-order valence-electron chi connectivity index (χ2n) is 4.88. The van der Waals surface area contributed by atoms with E-state index in [0.29, 0.717) is 19.2 Å². The second-order valence-corrected chi connectivity index (χ2v) is 4.88. The fourth-order valence-corrected chi connectivity index (χ4v) is 2.43. The van der Waals surface area contributed by atoms with E-state index in [4.69, 9.17) is 10.5 Å². The SMILES string of the molecule is NCCc1ccccc1C(=O)NCCC1CCCO1. The molecule has 3 N–H and O–H groups in total. The highest BCUT2D eigenvalue weighted by atomic mass is 16.5. The fourth-order valence-electron chi connectivity index (χ4n) is 2.43. The molecule has 4 nitrogen and oxygen atoms in total. The van der Waals surface area contributed by atoms with Crippen molar-refractivity contribution in [1.82, 2.24) is 5.32 Å². The summed E-state index contributed by atoms with van der Waals surface area (Å²) in [6.07, 6.45) is 4.19. The van der Waals surface area contributed by atoms with Crippen LogP contribution in [0.25, 0.3) is 0 Å². The third-order valence-corrected chi connectivity index (χ3v) is 3.45. The molecule has 1 saturated heterocycles. The predicted octanol–water partition coefficient (Wildman–Crippen LogP) is 1.49. The zero-order chi connectivity index (χ0) is 13.5. The molecule has 4 heteroatoms. The van der Waals surface area contributed by atoms with Crippen LogP contribution >= 0.6 is 0 Å². The average Bonchev–Trinajstić information content (AvgIpc) is 2.93. The van der Waals surface area contributed by atoms with Crippen LogP contribution in [-0.2, 0) is 11.2 Å². The summed E-state index contributed by atoms with van der Waals surface area (Å²) < 4.78 is 5.53. The number of carbonyl (C=O) groups is 1. The van der Waals surface area contributed by atoms with Gasteiger partial charge in [-0.2, -0.15) is 0 Å². The minimum absolute atomic E-state index is 0.0120. The molecule has 0 bridgehead atoms. The van der Waals surface area contributed by atoms with Gasteiger partial charge in [0, 0.05) is 18.7 Å². The Bertz CT molecular complexity index is 414. The van der Waals surface area contributed by atoms with Gasteiger partial charge >= 0.3 is 0 Å². The Kier molecular flexibility index (Phi) is 5.36. The molecule has 1 heterocycles. The monoisotopic (exact) mass is 262 g/mol. The van der Waals surface area contributed by atoms with E-state index in [9.17, 15) is 4.79 Å². The van der Waals surface area contributed by atoms with E-state index < -0.39 is 0 Å². The topological polar surface area (TPSA) is 64.4 Å².